The summed E-state index contributed by atoms with van der Waals surface area (Å²) < 4.78 is 6.26. The van der Waals surface area contributed by atoms with Crippen molar-refractivity contribution in [3.8, 4) is 12.1 Å². The largest absolute Gasteiger partial charge is 0.462 e. The Kier molecular flexibility index (Phi) is 6.77. The third kappa shape index (κ3) is 4.91. The molecule has 37 heavy (non-hydrogen) atoms. The van der Waals surface area contributed by atoms with Gasteiger partial charge in [0.25, 0.3) is 0 Å². The fraction of sp³-hybridized carbons (Fsp3) is 0.500. The highest BCUT2D eigenvalue weighted by molar-refractivity contribution is 5.91. The molecule has 192 valence electrons. The Morgan fingerprint density at radius 1 is 1.14 bits per heavy atom. The Labute approximate surface area is 218 Å². The van der Waals surface area contributed by atoms with Crippen LogP contribution in [0.5, 0.6) is 6.01 Å². The number of piperazine rings is 1. The molecule has 3 aliphatic rings. The molecule has 2 atom stereocenters. The van der Waals surface area contributed by atoms with Gasteiger partial charge in [-0.1, -0.05) is 6.07 Å². The minimum atomic E-state index is 0.143. The number of benzene rings is 1. The number of fused-ring (bicyclic) bond motifs is 2. The van der Waals surface area contributed by atoms with Crippen LogP contribution in [0.3, 0.4) is 0 Å². The summed E-state index contributed by atoms with van der Waals surface area (Å²) >= 11 is 0. The highest BCUT2D eigenvalue weighted by Crippen LogP contribution is 2.34. The molecule has 0 bridgehead atoms. The summed E-state index contributed by atoms with van der Waals surface area (Å²) in [5, 5.41) is 13.9. The fourth-order valence-electron chi connectivity index (χ4n) is 5.91. The Balaban J connectivity index is 1.32. The van der Waals surface area contributed by atoms with Crippen molar-refractivity contribution in [2.75, 3.05) is 56.2 Å². The number of aromatic nitrogens is 3. The van der Waals surface area contributed by atoms with Gasteiger partial charge < -0.3 is 24.8 Å². The summed E-state index contributed by atoms with van der Waals surface area (Å²) in [6, 6.07) is 13.8. The van der Waals surface area contributed by atoms with Crippen LogP contribution in [0.1, 0.15) is 30.5 Å². The van der Waals surface area contributed by atoms with E-state index < -0.39 is 0 Å². The van der Waals surface area contributed by atoms with Crippen LogP contribution in [0.25, 0.3) is 10.9 Å². The lowest BCUT2D eigenvalue weighted by Gasteiger charge is -2.37. The van der Waals surface area contributed by atoms with Gasteiger partial charge in [0.15, 0.2) is 0 Å². The molecule has 2 saturated heterocycles. The summed E-state index contributed by atoms with van der Waals surface area (Å²) in [6.45, 7) is 5.76. The topological polar surface area (TPSA) is 93.4 Å². The molecule has 0 amide bonds. The van der Waals surface area contributed by atoms with Gasteiger partial charge in [0.05, 0.1) is 30.2 Å². The van der Waals surface area contributed by atoms with Crippen LogP contribution in [0.4, 0.5) is 11.5 Å². The zero-order valence-corrected chi connectivity index (χ0v) is 21.4. The third-order valence-corrected chi connectivity index (χ3v) is 7.96. The van der Waals surface area contributed by atoms with E-state index in [0.717, 1.165) is 68.0 Å². The quantitative estimate of drug-likeness (QED) is 0.551. The number of nitriles is 1. The van der Waals surface area contributed by atoms with Crippen LogP contribution in [-0.4, -0.2) is 78.3 Å². The van der Waals surface area contributed by atoms with Gasteiger partial charge in [0.1, 0.15) is 12.4 Å². The first-order valence-corrected chi connectivity index (χ1v) is 13.4. The fourth-order valence-corrected chi connectivity index (χ4v) is 5.91. The molecule has 3 aromatic rings. The molecular formula is C28H34N8O. The predicted octanol–water partition coefficient (Wildman–Crippen LogP) is 2.75. The maximum Gasteiger partial charge on any atom is 0.318 e. The van der Waals surface area contributed by atoms with Crippen LogP contribution in [0.15, 0.2) is 36.5 Å². The molecule has 6 rings (SSSR count). The molecule has 0 unspecified atom stereocenters. The number of likely N-dealkylation sites (N-methyl/N-ethyl adjacent to an activating group) is 1. The number of hydrogen-bond donors (Lipinski definition) is 1. The molecule has 0 saturated carbocycles. The molecule has 3 aliphatic heterocycles. The molecule has 1 N–H and O–H groups in total. The highest BCUT2D eigenvalue weighted by Gasteiger charge is 2.29. The average molecular weight is 499 g/mol. The van der Waals surface area contributed by atoms with Crippen LogP contribution in [-0.2, 0) is 13.0 Å². The zero-order valence-electron chi connectivity index (χ0n) is 21.4. The molecular weight excluding hydrogens is 464 g/mol. The van der Waals surface area contributed by atoms with Crippen molar-refractivity contribution >= 4 is 22.4 Å². The van der Waals surface area contributed by atoms with E-state index in [1.165, 1.54) is 17.7 Å². The lowest BCUT2D eigenvalue weighted by molar-refractivity contribution is 0.187. The molecule has 9 nitrogen and oxygen atoms in total. The lowest BCUT2D eigenvalue weighted by atomic mass is 10.0. The van der Waals surface area contributed by atoms with E-state index in [4.69, 9.17) is 14.7 Å². The summed E-state index contributed by atoms with van der Waals surface area (Å²) in [5.41, 5.74) is 4.42. The second kappa shape index (κ2) is 10.5. The predicted molar refractivity (Wildman–Crippen MR) is 144 cm³/mol. The Morgan fingerprint density at radius 3 is 2.95 bits per heavy atom. The zero-order chi connectivity index (χ0) is 25.2. The Morgan fingerprint density at radius 2 is 2.08 bits per heavy atom. The number of anilines is 2. The molecule has 9 heteroatoms. The van der Waals surface area contributed by atoms with E-state index in [-0.39, 0.29) is 6.04 Å². The summed E-state index contributed by atoms with van der Waals surface area (Å²) in [7, 11) is 2.16. The molecule has 0 radical (unpaired) electrons. The van der Waals surface area contributed by atoms with Gasteiger partial charge in [0.2, 0.25) is 0 Å². The van der Waals surface area contributed by atoms with Gasteiger partial charge in [-0.25, -0.2) is 0 Å². The minimum Gasteiger partial charge on any atom is -0.462 e. The smallest absolute Gasteiger partial charge is 0.318 e. The standard InChI is InChI=1S/C28H34N8O/c1-34-14-4-5-21(34)19-37-28-32-25-18-35(26-8-2-7-24-22(26)6-3-12-31-24)15-10-23(25)27(33-28)36-16-13-30-20(17-36)9-11-29/h2-3,6-8,12,20-21,30H,4-5,9-10,13-19H2,1H3/t20-,21-/m0/s1. The lowest BCUT2D eigenvalue weighted by Crippen LogP contribution is -2.51. The van der Waals surface area contributed by atoms with E-state index in [1.54, 1.807) is 0 Å². The van der Waals surface area contributed by atoms with Gasteiger partial charge in [-0.3, -0.25) is 4.98 Å². The molecule has 1 aromatic carbocycles. The van der Waals surface area contributed by atoms with Crippen LogP contribution < -0.4 is 19.9 Å². The van der Waals surface area contributed by atoms with Gasteiger partial charge in [0, 0.05) is 61.1 Å². The number of nitrogens with one attached hydrogen (secondary N) is 1. The van der Waals surface area contributed by atoms with E-state index in [9.17, 15) is 5.26 Å². The molecule has 0 spiro atoms. The summed E-state index contributed by atoms with van der Waals surface area (Å²) in [6.07, 6.45) is 5.54. The van der Waals surface area contributed by atoms with E-state index in [2.05, 4.69) is 62.4 Å². The van der Waals surface area contributed by atoms with Gasteiger partial charge in [-0.2, -0.15) is 15.2 Å². The Bertz CT molecular complexity index is 1300. The number of pyridine rings is 1. The van der Waals surface area contributed by atoms with E-state index in [1.807, 2.05) is 12.3 Å². The number of hydrogen-bond acceptors (Lipinski definition) is 9. The van der Waals surface area contributed by atoms with Crippen molar-refractivity contribution in [1.29, 1.82) is 5.26 Å². The number of nitrogens with zero attached hydrogens (tertiary/aromatic N) is 7. The normalized spacial score (nSPS) is 22.2. The van der Waals surface area contributed by atoms with Crippen LogP contribution >= 0.6 is 0 Å². The monoisotopic (exact) mass is 498 g/mol. The van der Waals surface area contributed by atoms with Crippen LogP contribution in [0, 0.1) is 11.3 Å². The number of rotatable bonds is 6. The Hall–Kier alpha value is -3.48. The SMILES string of the molecule is CN1CCC[C@H]1COc1nc2c(c(N3CCN[C@@H](CC#N)C3)n1)CCN(c1cccc3ncccc13)C2. The van der Waals surface area contributed by atoms with Crippen molar-refractivity contribution in [2.24, 2.45) is 0 Å². The molecule has 0 aliphatic carbocycles. The van der Waals surface area contributed by atoms with Crippen molar-refractivity contribution < 1.29 is 4.74 Å². The third-order valence-electron chi connectivity index (χ3n) is 7.96. The molecule has 2 aromatic heterocycles. The number of ether oxygens (including phenoxy) is 1. The first-order chi connectivity index (χ1) is 18.2. The molecule has 5 heterocycles. The van der Waals surface area contributed by atoms with Crippen molar-refractivity contribution in [1.82, 2.24) is 25.2 Å². The summed E-state index contributed by atoms with van der Waals surface area (Å²) in [5.74, 6) is 0.975. The first-order valence-electron chi connectivity index (χ1n) is 13.4. The van der Waals surface area contributed by atoms with Crippen molar-refractivity contribution in [2.45, 2.75) is 44.3 Å². The molecule has 2 fully saturated rings. The summed E-state index contributed by atoms with van der Waals surface area (Å²) in [4.78, 5) is 21.6. The van der Waals surface area contributed by atoms with Crippen LogP contribution in [0.2, 0.25) is 0 Å². The highest BCUT2D eigenvalue weighted by atomic mass is 16.5. The van der Waals surface area contributed by atoms with E-state index >= 15 is 0 Å². The maximum atomic E-state index is 9.25. The minimum absolute atomic E-state index is 0.143. The van der Waals surface area contributed by atoms with E-state index in [0.29, 0.717) is 31.6 Å². The second-order valence-electron chi connectivity index (χ2n) is 10.3. The number of likely N-dealkylation sites (tertiary alicyclic amines) is 1. The van der Waals surface area contributed by atoms with Gasteiger partial charge >= 0.3 is 6.01 Å². The van der Waals surface area contributed by atoms with Crippen molar-refractivity contribution in [3.63, 3.8) is 0 Å². The second-order valence-corrected chi connectivity index (χ2v) is 10.3. The maximum absolute atomic E-state index is 9.25. The van der Waals surface area contributed by atoms with Crippen molar-refractivity contribution in [3.05, 3.63) is 47.8 Å². The first kappa shape index (κ1) is 23.9. The van der Waals surface area contributed by atoms with Gasteiger partial charge in [-0.05, 0) is 57.1 Å². The average Bonchev–Trinajstić information content (AvgIpc) is 3.35. The van der Waals surface area contributed by atoms with Gasteiger partial charge in [-0.15, -0.1) is 0 Å².